The van der Waals surface area contributed by atoms with Gasteiger partial charge in [-0.2, -0.15) is 0 Å². The summed E-state index contributed by atoms with van der Waals surface area (Å²) in [7, 11) is 0. The molecule has 5 heteroatoms. The zero-order valence-corrected chi connectivity index (χ0v) is 17.8. The van der Waals surface area contributed by atoms with E-state index in [0.29, 0.717) is 36.9 Å². The zero-order valence-electron chi connectivity index (χ0n) is 17.8. The smallest absolute Gasteiger partial charge is 0.266 e. The first-order valence-corrected chi connectivity index (χ1v) is 11.4. The van der Waals surface area contributed by atoms with Gasteiger partial charge in [-0.15, -0.1) is 0 Å². The van der Waals surface area contributed by atoms with Gasteiger partial charge < -0.3 is 9.47 Å². The van der Waals surface area contributed by atoms with Gasteiger partial charge in [0.15, 0.2) is 0 Å². The van der Waals surface area contributed by atoms with Crippen molar-refractivity contribution in [2.75, 3.05) is 13.2 Å². The predicted molar refractivity (Wildman–Crippen MR) is 109 cm³/mol. The number of hydrogen-bond acceptors (Lipinski definition) is 2. The fourth-order valence-electron chi connectivity index (χ4n) is 4.93. The van der Waals surface area contributed by atoms with Gasteiger partial charge >= 0.3 is 0 Å². The van der Waals surface area contributed by atoms with Crippen molar-refractivity contribution >= 4 is 0 Å². The molecule has 0 amide bonds. The molecule has 0 aromatic heterocycles. The van der Waals surface area contributed by atoms with Crippen LogP contribution in [0.25, 0.3) is 0 Å². The largest absolute Gasteiger partial charge is 0.376 e. The molecule has 0 radical (unpaired) electrons. The molecule has 0 N–H and O–H groups in total. The zero-order chi connectivity index (χ0) is 20.8. The standard InChI is InChI=1S/C24H35F3O2/c1-3-5-16-6-10-19(11-7-16)29-15-20-12-8-18(14-28-20)21-13-9-17(4-2)23(25)22(21)24(26)27/h9,13,16,18-20,24H,3-8,10-12,14-15H2,1-2H3. The monoisotopic (exact) mass is 412 g/mol. The van der Waals surface area contributed by atoms with E-state index >= 15 is 0 Å². The van der Waals surface area contributed by atoms with Crippen LogP contribution in [0.2, 0.25) is 0 Å². The molecule has 2 atom stereocenters. The topological polar surface area (TPSA) is 18.5 Å². The summed E-state index contributed by atoms with van der Waals surface area (Å²) in [6.45, 7) is 4.94. The van der Waals surface area contributed by atoms with Crippen LogP contribution >= 0.6 is 0 Å². The van der Waals surface area contributed by atoms with E-state index in [1.54, 1.807) is 19.1 Å². The molecule has 1 aliphatic carbocycles. The van der Waals surface area contributed by atoms with Crippen molar-refractivity contribution in [2.45, 2.75) is 96.2 Å². The van der Waals surface area contributed by atoms with Crippen LogP contribution in [-0.2, 0) is 15.9 Å². The van der Waals surface area contributed by atoms with Gasteiger partial charge in [-0.1, -0.05) is 38.8 Å². The van der Waals surface area contributed by atoms with Gasteiger partial charge in [0.25, 0.3) is 6.43 Å². The summed E-state index contributed by atoms with van der Waals surface area (Å²) in [5.41, 5.74) is 0.320. The molecular formula is C24H35F3O2. The lowest BCUT2D eigenvalue weighted by molar-refractivity contribution is -0.0780. The molecule has 2 aliphatic rings. The highest BCUT2D eigenvalue weighted by Crippen LogP contribution is 2.37. The predicted octanol–water partition coefficient (Wildman–Crippen LogP) is 6.96. The van der Waals surface area contributed by atoms with Crippen molar-refractivity contribution in [1.29, 1.82) is 0 Å². The summed E-state index contributed by atoms with van der Waals surface area (Å²) < 4.78 is 53.6. The van der Waals surface area contributed by atoms with E-state index in [4.69, 9.17) is 9.47 Å². The van der Waals surface area contributed by atoms with Crippen LogP contribution in [0.5, 0.6) is 0 Å². The first-order chi connectivity index (χ1) is 14.0. The molecule has 3 rings (SSSR count). The van der Waals surface area contributed by atoms with Gasteiger partial charge in [-0.3, -0.25) is 0 Å². The Labute approximate surface area is 173 Å². The van der Waals surface area contributed by atoms with Gasteiger partial charge in [-0.05, 0) is 62.0 Å². The van der Waals surface area contributed by atoms with Crippen LogP contribution < -0.4 is 0 Å². The maximum absolute atomic E-state index is 14.5. The van der Waals surface area contributed by atoms with E-state index < -0.39 is 17.8 Å². The molecule has 1 saturated carbocycles. The van der Waals surface area contributed by atoms with E-state index in [-0.39, 0.29) is 12.0 Å². The molecule has 1 saturated heterocycles. The number of ether oxygens (including phenoxy) is 2. The van der Waals surface area contributed by atoms with Crippen LogP contribution in [0, 0.1) is 11.7 Å². The second-order valence-corrected chi connectivity index (χ2v) is 8.69. The SMILES string of the molecule is CCCC1CCC(OCC2CCC(c3ccc(CC)c(F)c3C(F)F)CO2)CC1. The minimum atomic E-state index is -2.81. The molecule has 1 heterocycles. The van der Waals surface area contributed by atoms with Crippen LogP contribution in [0.4, 0.5) is 13.2 Å². The molecule has 2 fully saturated rings. The first kappa shape index (κ1) is 22.6. The van der Waals surface area contributed by atoms with Crippen molar-refractivity contribution in [1.82, 2.24) is 0 Å². The third kappa shape index (κ3) is 5.75. The summed E-state index contributed by atoms with van der Waals surface area (Å²) in [5, 5.41) is 0. The number of hydrogen-bond donors (Lipinski definition) is 0. The lowest BCUT2D eigenvalue weighted by Gasteiger charge is -2.33. The Bertz CT molecular complexity index is 633. The summed E-state index contributed by atoms with van der Waals surface area (Å²) >= 11 is 0. The van der Waals surface area contributed by atoms with Gasteiger partial charge in [0.05, 0.1) is 31.0 Å². The van der Waals surface area contributed by atoms with Crippen LogP contribution in [0.15, 0.2) is 12.1 Å². The minimum absolute atomic E-state index is 0.00868. The van der Waals surface area contributed by atoms with Gasteiger partial charge in [0, 0.05) is 5.92 Å². The number of aryl methyl sites for hydroxylation is 1. The third-order valence-electron chi connectivity index (χ3n) is 6.71. The second kappa shape index (κ2) is 10.8. The Morgan fingerprint density at radius 3 is 2.41 bits per heavy atom. The molecule has 2 unspecified atom stereocenters. The van der Waals surface area contributed by atoms with Gasteiger partial charge in [0.1, 0.15) is 5.82 Å². The summed E-state index contributed by atoms with van der Waals surface area (Å²) in [4.78, 5) is 0. The summed E-state index contributed by atoms with van der Waals surface area (Å²) in [5.74, 6) is -0.0701. The van der Waals surface area contributed by atoms with Crippen molar-refractivity contribution in [3.63, 3.8) is 0 Å². The molecular weight excluding hydrogens is 377 g/mol. The highest BCUT2D eigenvalue weighted by atomic mass is 19.3. The molecule has 1 aromatic carbocycles. The Hall–Kier alpha value is -1.07. The molecule has 164 valence electrons. The average molecular weight is 413 g/mol. The van der Waals surface area contributed by atoms with E-state index in [1.807, 2.05) is 0 Å². The van der Waals surface area contributed by atoms with Crippen LogP contribution in [0.3, 0.4) is 0 Å². The van der Waals surface area contributed by atoms with E-state index in [1.165, 1.54) is 25.7 Å². The lowest BCUT2D eigenvalue weighted by Crippen LogP contribution is -2.32. The van der Waals surface area contributed by atoms with Crippen LogP contribution in [0.1, 0.15) is 94.2 Å². The normalized spacial score (nSPS) is 28.1. The Morgan fingerprint density at radius 2 is 1.83 bits per heavy atom. The van der Waals surface area contributed by atoms with Gasteiger partial charge in [-0.25, -0.2) is 13.2 Å². The average Bonchev–Trinajstić information content (AvgIpc) is 2.73. The number of alkyl halides is 2. The first-order valence-electron chi connectivity index (χ1n) is 11.4. The molecule has 0 spiro atoms. The van der Waals surface area contributed by atoms with Crippen LogP contribution in [-0.4, -0.2) is 25.4 Å². The quantitative estimate of drug-likeness (QED) is 0.459. The number of rotatable bonds is 8. The van der Waals surface area contributed by atoms with Crippen molar-refractivity contribution in [3.8, 4) is 0 Å². The molecule has 1 aliphatic heterocycles. The van der Waals surface area contributed by atoms with Crippen molar-refractivity contribution in [3.05, 3.63) is 34.6 Å². The Balaban J connectivity index is 1.49. The number of halogens is 3. The van der Waals surface area contributed by atoms with Crippen molar-refractivity contribution in [2.24, 2.45) is 5.92 Å². The molecule has 1 aromatic rings. The van der Waals surface area contributed by atoms with E-state index in [9.17, 15) is 13.2 Å². The maximum Gasteiger partial charge on any atom is 0.266 e. The molecule has 29 heavy (non-hydrogen) atoms. The summed E-state index contributed by atoms with van der Waals surface area (Å²) in [6.07, 6.45) is 6.75. The maximum atomic E-state index is 14.5. The number of benzene rings is 1. The highest BCUT2D eigenvalue weighted by Gasteiger charge is 2.30. The fraction of sp³-hybridized carbons (Fsp3) is 0.750. The molecule has 0 bridgehead atoms. The van der Waals surface area contributed by atoms with E-state index in [2.05, 4.69) is 6.92 Å². The highest BCUT2D eigenvalue weighted by molar-refractivity contribution is 5.37. The lowest BCUT2D eigenvalue weighted by atomic mass is 9.84. The van der Waals surface area contributed by atoms with E-state index in [0.717, 1.165) is 31.6 Å². The fourth-order valence-corrected chi connectivity index (χ4v) is 4.93. The third-order valence-corrected chi connectivity index (χ3v) is 6.71. The summed E-state index contributed by atoms with van der Waals surface area (Å²) in [6, 6.07) is 3.31. The minimum Gasteiger partial charge on any atom is -0.376 e. The Kier molecular flexibility index (Phi) is 8.43. The second-order valence-electron chi connectivity index (χ2n) is 8.69. The molecule has 2 nitrogen and oxygen atoms in total. The van der Waals surface area contributed by atoms with Gasteiger partial charge in [0.2, 0.25) is 0 Å². The van der Waals surface area contributed by atoms with Crippen molar-refractivity contribution < 1.29 is 22.6 Å². The Morgan fingerprint density at radius 1 is 1.07 bits per heavy atom.